The number of aromatic carboxylic acids is 1. The van der Waals surface area contributed by atoms with E-state index >= 15 is 0 Å². The average molecular weight is 332 g/mol. The Balaban J connectivity index is 1.59. The molecule has 5 rings (SSSR count). The third kappa shape index (κ3) is 2.09. The Morgan fingerprint density at radius 3 is 2.38 bits per heavy atom. The highest BCUT2D eigenvalue weighted by Crippen LogP contribution is 2.61. The van der Waals surface area contributed by atoms with Crippen LogP contribution in [0.1, 0.15) is 34.6 Å². The number of carbonyl (C=O) groups excluding carboxylic acids is 1. The Bertz CT molecular complexity index is 699. The number of benzene rings is 1. The van der Waals surface area contributed by atoms with Crippen LogP contribution in [0.4, 0.5) is 0 Å². The number of ether oxygens (including phenoxy) is 2. The van der Waals surface area contributed by atoms with Gasteiger partial charge in [-0.15, -0.1) is 0 Å². The van der Waals surface area contributed by atoms with E-state index in [0.29, 0.717) is 0 Å². The Morgan fingerprint density at radius 1 is 1.04 bits per heavy atom. The molecule has 2 N–H and O–H groups in total. The Morgan fingerprint density at radius 2 is 1.71 bits per heavy atom. The standard InChI is InChI=1S/C18H20O6/c1-7-11-12-15(11)23-14(8(2)13(7)19)16(12)24-18(22)10-6-4-3-5-9(10)17(20)21/h3-8,11-16,19H,1-2H3,(H,20,21)/t7?,8?,11?,12-,13?,14+,15+,16-/m1/s1. The number of carboxylic acid groups (broad SMARTS) is 1. The van der Waals surface area contributed by atoms with Gasteiger partial charge in [0.1, 0.15) is 12.2 Å². The first kappa shape index (κ1) is 15.6. The van der Waals surface area contributed by atoms with E-state index in [1.165, 1.54) is 12.1 Å². The molecule has 4 bridgehead atoms. The maximum Gasteiger partial charge on any atom is 0.339 e. The SMILES string of the molecule is CC1C(O)C(C)[C@@H]2O[C@H]3C1[C@H]3[C@H]2OC(=O)c1ccccc1C(=O)O. The summed E-state index contributed by atoms with van der Waals surface area (Å²) >= 11 is 0. The molecule has 2 heterocycles. The lowest BCUT2D eigenvalue weighted by molar-refractivity contribution is -0.0571. The fraction of sp³-hybridized carbons (Fsp3) is 0.556. The molecule has 4 aliphatic rings. The van der Waals surface area contributed by atoms with Gasteiger partial charge in [0, 0.05) is 11.8 Å². The summed E-state index contributed by atoms with van der Waals surface area (Å²) in [7, 11) is 0. The van der Waals surface area contributed by atoms with Gasteiger partial charge < -0.3 is 19.7 Å². The minimum absolute atomic E-state index is 0.0390. The highest BCUT2D eigenvalue weighted by molar-refractivity contribution is 6.02. The average Bonchev–Trinajstić information content (AvgIpc) is 3.20. The molecule has 1 aromatic rings. The van der Waals surface area contributed by atoms with E-state index in [2.05, 4.69) is 0 Å². The summed E-state index contributed by atoms with van der Waals surface area (Å²) in [5, 5.41) is 19.6. The number of aliphatic hydroxyl groups excluding tert-OH is 1. The minimum Gasteiger partial charge on any atom is -0.478 e. The molecule has 4 fully saturated rings. The summed E-state index contributed by atoms with van der Waals surface area (Å²) in [6.07, 6.45) is -1.21. The quantitative estimate of drug-likeness (QED) is 0.816. The van der Waals surface area contributed by atoms with Crippen molar-refractivity contribution >= 4 is 11.9 Å². The Kier molecular flexibility index (Phi) is 3.44. The molecule has 1 aromatic carbocycles. The van der Waals surface area contributed by atoms with Crippen LogP contribution in [0.25, 0.3) is 0 Å². The molecule has 2 saturated heterocycles. The first-order valence-corrected chi connectivity index (χ1v) is 8.28. The highest BCUT2D eigenvalue weighted by atomic mass is 16.6. The van der Waals surface area contributed by atoms with Gasteiger partial charge in [0.05, 0.1) is 23.3 Å². The number of carboxylic acids is 1. The molecule has 6 nitrogen and oxygen atoms in total. The van der Waals surface area contributed by atoms with Gasteiger partial charge in [-0.25, -0.2) is 9.59 Å². The summed E-state index contributed by atoms with van der Waals surface area (Å²) < 4.78 is 11.7. The topological polar surface area (TPSA) is 93.1 Å². The van der Waals surface area contributed by atoms with Crippen LogP contribution < -0.4 is 0 Å². The van der Waals surface area contributed by atoms with Crippen molar-refractivity contribution in [3.05, 3.63) is 35.4 Å². The van der Waals surface area contributed by atoms with Crippen molar-refractivity contribution in [2.45, 2.75) is 38.3 Å². The van der Waals surface area contributed by atoms with E-state index in [-0.39, 0.29) is 47.0 Å². The van der Waals surface area contributed by atoms with Crippen molar-refractivity contribution < 1.29 is 29.3 Å². The Labute approximate surface area is 139 Å². The maximum absolute atomic E-state index is 12.5. The van der Waals surface area contributed by atoms with E-state index < -0.39 is 24.1 Å². The van der Waals surface area contributed by atoms with Gasteiger partial charge in [0.25, 0.3) is 0 Å². The predicted molar refractivity (Wildman–Crippen MR) is 82.6 cm³/mol. The molecular formula is C18H20O6. The number of hydrogen-bond acceptors (Lipinski definition) is 5. The second kappa shape index (κ2) is 5.29. The second-order valence-corrected chi connectivity index (χ2v) is 7.15. The predicted octanol–water partition coefficient (Wildman–Crippen LogP) is 1.57. The summed E-state index contributed by atoms with van der Waals surface area (Å²) in [5.41, 5.74) is -0.0249. The van der Waals surface area contributed by atoms with Crippen LogP contribution in [-0.2, 0) is 9.47 Å². The molecular weight excluding hydrogens is 312 g/mol. The fourth-order valence-corrected chi connectivity index (χ4v) is 4.55. The second-order valence-electron chi connectivity index (χ2n) is 7.15. The zero-order valence-electron chi connectivity index (χ0n) is 13.5. The number of fused-ring (bicyclic) bond motifs is 2. The van der Waals surface area contributed by atoms with Crippen LogP contribution >= 0.6 is 0 Å². The molecule has 2 saturated carbocycles. The van der Waals surface area contributed by atoms with Crippen molar-refractivity contribution in [1.29, 1.82) is 0 Å². The summed E-state index contributed by atoms with van der Waals surface area (Å²) in [6.45, 7) is 3.92. The smallest absolute Gasteiger partial charge is 0.339 e. The molecule has 4 unspecified atom stereocenters. The lowest BCUT2D eigenvalue weighted by atomic mass is 9.89. The van der Waals surface area contributed by atoms with E-state index in [1.54, 1.807) is 12.1 Å². The first-order valence-electron chi connectivity index (χ1n) is 8.28. The molecule has 2 aliphatic carbocycles. The summed E-state index contributed by atoms with van der Waals surface area (Å²) in [6, 6.07) is 6.03. The van der Waals surface area contributed by atoms with Crippen LogP contribution in [0.15, 0.2) is 24.3 Å². The molecule has 2 aliphatic heterocycles. The number of hydrogen-bond donors (Lipinski definition) is 2. The number of carbonyl (C=O) groups is 2. The maximum atomic E-state index is 12.5. The van der Waals surface area contributed by atoms with Crippen molar-refractivity contribution in [3.63, 3.8) is 0 Å². The van der Waals surface area contributed by atoms with Crippen molar-refractivity contribution in [2.75, 3.05) is 0 Å². The van der Waals surface area contributed by atoms with E-state index in [4.69, 9.17) is 9.47 Å². The molecule has 0 aromatic heterocycles. The lowest BCUT2D eigenvalue weighted by Crippen LogP contribution is -2.39. The van der Waals surface area contributed by atoms with E-state index in [0.717, 1.165) is 0 Å². The minimum atomic E-state index is -1.16. The van der Waals surface area contributed by atoms with Gasteiger partial charge in [-0.3, -0.25) is 0 Å². The molecule has 6 heteroatoms. The van der Waals surface area contributed by atoms with Crippen LogP contribution in [0, 0.1) is 23.7 Å². The largest absolute Gasteiger partial charge is 0.478 e. The van der Waals surface area contributed by atoms with Gasteiger partial charge in [-0.1, -0.05) is 26.0 Å². The third-order valence-electron chi connectivity index (χ3n) is 5.90. The van der Waals surface area contributed by atoms with Crippen LogP contribution in [-0.4, -0.2) is 46.6 Å². The fourth-order valence-electron chi connectivity index (χ4n) is 4.55. The zero-order valence-corrected chi connectivity index (χ0v) is 13.5. The van der Waals surface area contributed by atoms with E-state index in [9.17, 15) is 19.8 Å². The van der Waals surface area contributed by atoms with Gasteiger partial charge in [0.15, 0.2) is 0 Å². The summed E-state index contributed by atoms with van der Waals surface area (Å²) in [4.78, 5) is 23.8. The molecule has 128 valence electrons. The Hall–Kier alpha value is -1.92. The molecule has 0 radical (unpaired) electrons. The van der Waals surface area contributed by atoms with Crippen molar-refractivity contribution in [1.82, 2.24) is 0 Å². The normalized spacial score (nSPS) is 42.3. The van der Waals surface area contributed by atoms with Crippen LogP contribution in [0.5, 0.6) is 0 Å². The third-order valence-corrected chi connectivity index (χ3v) is 5.90. The first-order chi connectivity index (χ1) is 11.4. The lowest BCUT2D eigenvalue weighted by Gasteiger charge is -2.27. The zero-order chi connectivity index (χ0) is 17.2. The van der Waals surface area contributed by atoms with Gasteiger partial charge in [-0.05, 0) is 24.0 Å². The summed E-state index contributed by atoms with van der Waals surface area (Å²) in [5.74, 6) is -1.53. The van der Waals surface area contributed by atoms with Gasteiger partial charge in [-0.2, -0.15) is 0 Å². The number of rotatable bonds is 3. The molecule has 24 heavy (non-hydrogen) atoms. The van der Waals surface area contributed by atoms with Crippen molar-refractivity contribution in [3.8, 4) is 0 Å². The number of aliphatic hydroxyl groups is 1. The van der Waals surface area contributed by atoms with Crippen molar-refractivity contribution in [2.24, 2.45) is 23.7 Å². The molecule has 0 amide bonds. The molecule has 0 spiro atoms. The highest BCUT2D eigenvalue weighted by Gasteiger charge is 2.71. The van der Waals surface area contributed by atoms with Crippen LogP contribution in [0.3, 0.4) is 0 Å². The molecule has 8 atom stereocenters. The van der Waals surface area contributed by atoms with Gasteiger partial charge >= 0.3 is 11.9 Å². The van der Waals surface area contributed by atoms with E-state index in [1.807, 2.05) is 13.8 Å². The van der Waals surface area contributed by atoms with Gasteiger partial charge in [0.2, 0.25) is 0 Å². The van der Waals surface area contributed by atoms with Crippen LogP contribution in [0.2, 0.25) is 0 Å². The number of esters is 1. The monoisotopic (exact) mass is 332 g/mol.